The summed E-state index contributed by atoms with van der Waals surface area (Å²) in [5, 5.41) is 44.8. The zero-order chi connectivity index (χ0) is 48.9. The van der Waals surface area contributed by atoms with Crippen molar-refractivity contribution in [1.82, 2.24) is 0 Å². The van der Waals surface area contributed by atoms with Crippen molar-refractivity contribution in [3.05, 3.63) is 0 Å². The fourth-order valence-corrected chi connectivity index (χ4v) is 18.5. The Kier molecular flexibility index (Phi) is 25.1. The maximum atomic E-state index is 11.9. The summed E-state index contributed by atoms with van der Waals surface area (Å²) < 4.78 is 0. The molecule has 10 rings (SSSR count). The molecule has 0 atom stereocenters. The molecule has 4 N–H and O–H groups in total. The Hall–Kier alpha value is -0.160. The first-order chi connectivity index (χ1) is 34.2. The third kappa shape index (κ3) is 16.7. The van der Waals surface area contributed by atoms with E-state index in [2.05, 4.69) is 6.92 Å². The van der Waals surface area contributed by atoms with Crippen LogP contribution >= 0.6 is 0 Å². The molecule has 0 radical (unpaired) electrons. The minimum absolute atomic E-state index is 0.0376. The summed E-state index contributed by atoms with van der Waals surface area (Å²) in [6.07, 6.45) is 68.6. The predicted octanol–water partition coefficient (Wildman–Crippen LogP) is 18.7. The maximum Gasteiger partial charge on any atom is 0.0731 e. The van der Waals surface area contributed by atoms with E-state index >= 15 is 0 Å². The van der Waals surface area contributed by atoms with Gasteiger partial charge in [0.05, 0.1) is 22.9 Å². The predicted molar refractivity (Wildman–Crippen MR) is 297 cm³/mol. The summed E-state index contributed by atoms with van der Waals surface area (Å²) in [4.78, 5) is 0. The van der Waals surface area contributed by atoms with Crippen LogP contribution in [0.25, 0.3) is 0 Å². The molecule has 0 aromatic heterocycles. The molecular weight excluding hydrogens is 857 g/mol. The zero-order valence-corrected chi connectivity index (χ0v) is 46.7. The monoisotopic (exact) mass is 977 g/mol. The number of rotatable bonds is 11. The van der Waals surface area contributed by atoms with Gasteiger partial charge in [0.2, 0.25) is 0 Å². The van der Waals surface area contributed by atoms with Gasteiger partial charge < -0.3 is 20.4 Å². The van der Waals surface area contributed by atoms with Gasteiger partial charge in [-0.2, -0.15) is 0 Å². The lowest BCUT2D eigenvalue weighted by atomic mass is 9.58. The van der Waals surface area contributed by atoms with Gasteiger partial charge in [-0.15, -0.1) is 0 Å². The average Bonchev–Trinajstić information content (AvgIpc) is 3.45. The standard InChI is InChI=1S/C20H36O.C19H34O.C14H26O.C13H24O/c21-20(18-12-6-2-7-13-18,19-14-8-3-9-15-19)16-17-10-4-1-5-11-17;20-19(16-10-4-1-5-11-16,17-12-6-2-7-13-17)18-14-8-3-9-15-18;1-14(15,12-8-4-2-5-9-12)13-10-6-3-7-11-13;14-13(11-7-3-1-4-8-11)12-9-5-2-6-10-12/h17-19,21H,1-16H2;16-18,20H,1-15H2;12-13,15H,2-11H2,1H3;11-14H,1-10H2. The van der Waals surface area contributed by atoms with E-state index in [-0.39, 0.29) is 22.9 Å². The summed E-state index contributed by atoms with van der Waals surface area (Å²) in [6.45, 7) is 2.12. The Morgan fingerprint density at radius 1 is 0.286 bits per heavy atom. The van der Waals surface area contributed by atoms with Gasteiger partial charge in [-0.3, -0.25) is 0 Å². The fraction of sp³-hybridized carbons (Fsp3) is 1.00. The maximum absolute atomic E-state index is 11.9. The summed E-state index contributed by atoms with van der Waals surface area (Å²) in [7, 11) is 0. The summed E-state index contributed by atoms with van der Waals surface area (Å²) in [6, 6.07) is 0. The van der Waals surface area contributed by atoms with Crippen molar-refractivity contribution >= 4 is 0 Å². The number of aliphatic hydroxyl groups is 4. The van der Waals surface area contributed by atoms with E-state index in [0.29, 0.717) is 53.3 Å². The Balaban J connectivity index is 0.000000139. The molecule has 10 saturated carbocycles. The van der Waals surface area contributed by atoms with Crippen LogP contribution in [-0.4, -0.2) is 43.3 Å². The highest BCUT2D eigenvalue weighted by Gasteiger charge is 2.50. The van der Waals surface area contributed by atoms with E-state index in [4.69, 9.17) is 0 Å². The Labute approximate surface area is 435 Å². The molecule has 0 amide bonds. The molecule has 10 fully saturated rings. The lowest BCUT2D eigenvalue weighted by Crippen LogP contribution is -2.53. The lowest BCUT2D eigenvalue weighted by molar-refractivity contribution is -0.142. The Morgan fingerprint density at radius 2 is 0.500 bits per heavy atom. The van der Waals surface area contributed by atoms with E-state index in [0.717, 1.165) is 12.3 Å². The summed E-state index contributed by atoms with van der Waals surface area (Å²) >= 11 is 0. The molecule has 4 heteroatoms. The second kappa shape index (κ2) is 30.5. The quantitative estimate of drug-likeness (QED) is 0.166. The van der Waals surface area contributed by atoms with Crippen molar-refractivity contribution in [3.63, 3.8) is 0 Å². The van der Waals surface area contributed by atoms with Crippen molar-refractivity contribution < 1.29 is 20.4 Å². The largest absolute Gasteiger partial charge is 0.393 e. The van der Waals surface area contributed by atoms with Crippen molar-refractivity contribution in [1.29, 1.82) is 0 Å². The number of hydrogen-bond acceptors (Lipinski definition) is 4. The van der Waals surface area contributed by atoms with E-state index in [1.165, 1.54) is 321 Å². The van der Waals surface area contributed by atoms with Crippen LogP contribution in [-0.2, 0) is 0 Å². The molecule has 0 spiro atoms. The molecule has 0 unspecified atom stereocenters. The molecule has 0 saturated heterocycles. The summed E-state index contributed by atoms with van der Waals surface area (Å²) in [5.74, 6) is 6.43. The molecule has 408 valence electrons. The molecule has 10 aliphatic carbocycles. The van der Waals surface area contributed by atoms with Gasteiger partial charge in [0, 0.05) is 0 Å². The van der Waals surface area contributed by atoms with E-state index in [1.807, 2.05) is 0 Å². The van der Waals surface area contributed by atoms with Crippen LogP contribution in [0.1, 0.15) is 334 Å². The van der Waals surface area contributed by atoms with Crippen molar-refractivity contribution in [3.8, 4) is 0 Å². The average molecular weight is 978 g/mol. The van der Waals surface area contributed by atoms with E-state index in [9.17, 15) is 20.4 Å². The second-order valence-corrected chi connectivity index (χ2v) is 27.4. The highest BCUT2D eigenvalue weighted by molar-refractivity contribution is 5.01. The van der Waals surface area contributed by atoms with E-state index in [1.54, 1.807) is 0 Å². The lowest BCUT2D eigenvalue weighted by Gasteiger charge is -2.51. The molecule has 0 heterocycles. The SMILES string of the molecule is CC(O)(C1CCCCC1)C1CCCCC1.OC(C1CCCCC1)(C1CCCCC1)C1CCCCC1.OC(C1CCCCC1)C1CCCCC1.OC(CC1CCCCC1)(C1CCCCC1)C1CCCCC1. The molecule has 0 aromatic rings. The number of aliphatic hydroxyl groups excluding tert-OH is 1. The third-order valence-electron chi connectivity index (χ3n) is 22.9. The Bertz CT molecular complexity index is 1210. The fourth-order valence-electron chi connectivity index (χ4n) is 18.5. The van der Waals surface area contributed by atoms with Crippen molar-refractivity contribution in [2.75, 3.05) is 0 Å². The topological polar surface area (TPSA) is 80.9 Å². The summed E-state index contributed by atoms with van der Waals surface area (Å²) in [5.41, 5.74) is -0.953. The van der Waals surface area contributed by atoms with Crippen LogP contribution in [0.2, 0.25) is 0 Å². The van der Waals surface area contributed by atoms with Crippen molar-refractivity contribution in [2.24, 2.45) is 59.2 Å². The Morgan fingerprint density at radius 3 is 0.771 bits per heavy atom. The second-order valence-electron chi connectivity index (χ2n) is 27.4. The normalized spacial score (nSPS) is 27.7. The minimum Gasteiger partial charge on any atom is -0.393 e. The molecular formula is C66H120O4. The molecule has 0 aromatic carbocycles. The van der Waals surface area contributed by atoms with Crippen LogP contribution in [0.3, 0.4) is 0 Å². The van der Waals surface area contributed by atoms with Gasteiger partial charge in [-0.05, 0) is 188 Å². The minimum atomic E-state index is -0.360. The molecule has 4 nitrogen and oxygen atoms in total. The number of hydrogen-bond donors (Lipinski definition) is 4. The van der Waals surface area contributed by atoms with Crippen LogP contribution in [0.15, 0.2) is 0 Å². The first-order valence-electron chi connectivity index (χ1n) is 33.0. The molecule has 0 aliphatic heterocycles. The van der Waals surface area contributed by atoms with Gasteiger partial charge in [0.15, 0.2) is 0 Å². The highest BCUT2D eigenvalue weighted by atomic mass is 16.3. The third-order valence-corrected chi connectivity index (χ3v) is 22.9. The zero-order valence-electron chi connectivity index (χ0n) is 46.7. The van der Waals surface area contributed by atoms with Crippen LogP contribution in [0, 0.1) is 59.2 Å². The first-order valence-corrected chi connectivity index (χ1v) is 33.0. The van der Waals surface area contributed by atoms with Gasteiger partial charge in [-0.25, -0.2) is 0 Å². The van der Waals surface area contributed by atoms with Crippen molar-refractivity contribution in [2.45, 2.75) is 357 Å². The first kappa shape index (κ1) is 57.5. The van der Waals surface area contributed by atoms with Crippen LogP contribution < -0.4 is 0 Å². The smallest absolute Gasteiger partial charge is 0.0731 e. The van der Waals surface area contributed by atoms with Gasteiger partial charge in [0.25, 0.3) is 0 Å². The van der Waals surface area contributed by atoms with Crippen LogP contribution in [0.4, 0.5) is 0 Å². The molecule has 70 heavy (non-hydrogen) atoms. The molecule has 0 bridgehead atoms. The molecule has 10 aliphatic rings. The van der Waals surface area contributed by atoms with Gasteiger partial charge >= 0.3 is 0 Å². The van der Waals surface area contributed by atoms with Crippen LogP contribution in [0.5, 0.6) is 0 Å². The van der Waals surface area contributed by atoms with Gasteiger partial charge in [-0.1, -0.05) is 205 Å². The van der Waals surface area contributed by atoms with E-state index < -0.39 is 0 Å². The van der Waals surface area contributed by atoms with Gasteiger partial charge in [0.1, 0.15) is 0 Å². The highest BCUT2D eigenvalue weighted by Crippen LogP contribution is 2.51.